The zero-order valence-corrected chi connectivity index (χ0v) is 23.8. The van der Waals surface area contributed by atoms with Gasteiger partial charge >= 0.3 is 0 Å². The molecule has 8 nitrogen and oxygen atoms in total. The van der Waals surface area contributed by atoms with Gasteiger partial charge in [0.2, 0.25) is 0 Å². The van der Waals surface area contributed by atoms with E-state index in [0.29, 0.717) is 38.7 Å². The molecule has 1 aliphatic heterocycles. The van der Waals surface area contributed by atoms with Crippen LogP contribution < -0.4 is 0 Å². The van der Waals surface area contributed by atoms with Gasteiger partial charge in [0.15, 0.2) is 5.79 Å². The molecule has 0 saturated carbocycles. The predicted octanol–water partition coefficient (Wildman–Crippen LogP) is 6.67. The zero-order chi connectivity index (χ0) is 28.1. The normalized spacial score (nSPS) is 24.0. The maximum absolute atomic E-state index is 11.2. The van der Waals surface area contributed by atoms with Gasteiger partial charge in [-0.15, -0.1) is 0 Å². The van der Waals surface area contributed by atoms with Crippen molar-refractivity contribution in [3.63, 3.8) is 0 Å². The summed E-state index contributed by atoms with van der Waals surface area (Å²) in [5, 5.41) is 14.9. The van der Waals surface area contributed by atoms with Crippen molar-refractivity contribution in [1.82, 2.24) is 0 Å². The van der Waals surface area contributed by atoms with Gasteiger partial charge in [-0.05, 0) is 47.8 Å². The number of hydrogen-bond acceptors (Lipinski definition) is 6. The molecular formula is C31H45N3O5. The van der Waals surface area contributed by atoms with E-state index in [9.17, 15) is 5.11 Å². The number of nitrogens with zero attached hydrogens (tertiary/aromatic N) is 3. The van der Waals surface area contributed by atoms with Crippen molar-refractivity contribution in [3.8, 4) is 0 Å². The van der Waals surface area contributed by atoms with Crippen LogP contribution >= 0.6 is 0 Å². The van der Waals surface area contributed by atoms with Gasteiger partial charge in [-0.1, -0.05) is 86.5 Å². The Morgan fingerprint density at radius 2 is 1.64 bits per heavy atom. The van der Waals surface area contributed by atoms with Crippen LogP contribution in [-0.2, 0) is 32.2 Å². The molecule has 2 aromatic carbocycles. The number of aliphatic hydroxyl groups excluding tert-OH is 1. The summed E-state index contributed by atoms with van der Waals surface area (Å²) in [6.45, 7) is 8.40. The maximum atomic E-state index is 11.2. The number of aliphatic hydroxyl groups is 1. The van der Waals surface area contributed by atoms with Gasteiger partial charge in [0, 0.05) is 37.5 Å². The van der Waals surface area contributed by atoms with Crippen LogP contribution in [0, 0.1) is 17.8 Å². The standard InChI is InChI=1S/C31H45N3O5/c1-23(15-16-37-21-26-11-7-5-8-12-26)18-29(38-22-27-13-9-6-10-14-27)30-28(35)19-31(36-4,39-30)25(3)17-24(2)20-33-34-32/h5-14,23-25,28-30,35H,15-22H2,1-4H3/t23-,24-,25+,28-,29-,30+,31?/m1/s1. The van der Waals surface area contributed by atoms with Crippen LogP contribution in [0.2, 0.25) is 0 Å². The highest BCUT2D eigenvalue weighted by Gasteiger charge is 2.52. The molecule has 0 radical (unpaired) electrons. The lowest BCUT2D eigenvalue weighted by molar-refractivity contribution is -0.258. The summed E-state index contributed by atoms with van der Waals surface area (Å²) in [5.41, 5.74) is 10.9. The molecule has 214 valence electrons. The fourth-order valence-electron chi connectivity index (χ4n) is 5.41. The average Bonchev–Trinajstić information content (AvgIpc) is 3.31. The Bertz CT molecular complexity index is 1000. The predicted molar refractivity (Wildman–Crippen MR) is 152 cm³/mol. The zero-order valence-electron chi connectivity index (χ0n) is 23.8. The van der Waals surface area contributed by atoms with Crippen LogP contribution in [0.15, 0.2) is 65.8 Å². The molecule has 0 spiro atoms. The Morgan fingerprint density at radius 1 is 1.00 bits per heavy atom. The first kappa shape index (κ1) is 31.1. The molecule has 7 atom stereocenters. The Labute approximate surface area is 233 Å². The Hall–Kier alpha value is -2.45. The Morgan fingerprint density at radius 3 is 2.26 bits per heavy atom. The maximum Gasteiger partial charge on any atom is 0.173 e. The second kappa shape index (κ2) is 16.0. The number of rotatable bonds is 17. The van der Waals surface area contributed by atoms with Gasteiger partial charge in [-0.3, -0.25) is 0 Å². The first-order valence-electron chi connectivity index (χ1n) is 14.1. The highest BCUT2D eigenvalue weighted by Crippen LogP contribution is 2.42. The van der Waals surface area contributed by atoms with E-state index in [1.165, 1.54) is 0 Å². The largest absolute Gasteiger partial charge is 0.390 e. The highest BCUT2D eigenvalue weighted by molar-refractivity contribution is 5.14. The van der Waals surface area contributed by atoms with Gasteiger partial charge in [-0.25, -0.2) is 0 Å². The van der Waals surface area contributed by atoms with Crippen LogP contribution in [0.5, 0.6) is 0 Å². The van der Waals surface area contributed by atoms with Gasteiger partial charge < -0.3 is 24.1 Å². The summed E-state index contributed by atoms with van der Waals surface area (Å²) >= 11 is 0. The van der Waals surface area contributed by atoms with Crippen molar-refractivity contribution >= 4 is 0 Å². The molecule has 1 N–H and O–H groups in total. The van der Waals surface area contributed by atoms with E-state index < -0.39 is 18.0 Å². The molecule has 0 amide bonds. The SMILES string of the molecule is COC1([C@@H](C)C[C@@H](C)CN=[N+]=[N-])C[C@@H](O)[C@@H]([C@@H](C[C@H](C)CCOCc2ccccc2)OCc2ccccc2)O1. The Balaban J connectivity index is 1.64. The molecule has 39 heavy (non-hydrogen) atoms. The quantitative estimate of drug-likeness (QED) is 0.105. The minimum absolute atomic E-state index is 0.00961. The minimum Gasteiger partial charge on any atom is -0.390 e. The lowest BCUT2D eigenvalue weighted by Crippen LogP contribution is -2.42. The molecule has 1 aliphatic rings. The molecule has 3 rings (SSSR count). The minimum atomic E-state index is -0.926. The smallest absolute Gasteiger partial charge is 0.173 e. The topological polar surface area (TPSA) is 106 Å². The molecule has 0 aromatic heterocycles. The molecule has 0 aliphatic carbocycles. The van der Waals surface area contributed by atoms with Crippen LogP contribution in [0.3, 0.4) is 0 Å². The summed E-state index contributed by atoms with van der Waals surface area (Å²) in [4.78, 5) is 2.88. The number of hydrogen-bond donors (Lipinski definition) is 1. The van der Waals surface area contributed by atoms with E-state index in [4.69, 9.17) is 24.5 Å². The fraction of sp³-hybridized carbons (Fsp3) is 0.613. The third-order valence-corrected chi connectivity index (χ3v) is 7.69. The number of ether oxygens (including phenoxy) is 4. The van der Waals surface area contributed by atoms with E-state index in [0.717, 1.165) is 30.4 Å². The van der Waals surface area contributed by atoms with Crippen LogP contribution in [0.1, 0.15) is 57.6 Å². The summed E-state index contributed by atoms with van der Waals surface area (Å²) < 4.78 is 24.9. The molecule has 1 unspecified atom stereocenters. The second-order valence-electron chi connectivity index (χ2n) is 11.0. The van der Waals surface area contributed by atoms with Crippen LogP contribution in [0.4, 0.5) is 0 Å². The van der Waals surface area contributed by atoms with E-state index in [1.54, 1.807) is 7.11 Å². The van der Waals surface area contributed by atoms with E-state index >= 15 is 0 Å². The molecule has 1 saturated heterocycles. The van der Waals surface area contributed by atoms with Crippen molar-refractivity contribution < 1.29 is 24.1 Å². The summed E-state index contributed by atoms with van der Waals surface area (Å²) in [5.74, 6) is -0.463. The number of methoxy groups -OCH3 is 1. The summed E-state index contributed by atoms with van der Waals surface area (Å²) in [6, 6.07) is 20.2. The Kier molecular flexibility index (Phi) is 12.7. The fourth-order valence-corrected chi connectivity index (χ4v) is 5.41. The average molecular weight is 540 g/mol. The van der Waals surface area contributed by atoms with Gasteiger partial charge in [0.05, 0.1) is 25.4 Å². The first-order valence-corrected chi connectivity index (χ1v) is 14.1. The number of azide groups is 1. The monoisotopic (exact) mass is 539 g/mol. The van der Waals surface area contributed by atoms with Crippen LogP contribution in [-0.4, -0.2) is 49.5 Å². The molecule has 8 heteroatoms. The second-order valence-corrected chi connectivity index (χ2v) is 11.0. The van der Waals surface area contributed by atoms with Gasteiger partial charge in [0.25, 0.3) is 0 Å². The molecule has 1 fully saturated rings. The molecular weight excluding hydrogens is 494 g/mol. The summed E-state index contributed by atoms with van der Waals surface area (Å²) in [6.07, 6.45) is 1.17. The van der Waals surface area contributed by atoms with Crippen molar-refractivity contribution in [2.75, 3.05) is 20.3 Å². The van der Waals surface area contributed by atoms with E-state index in [-0.39, 0.29) is 17.9 Å². The van der Waals surface area contributed by atoms with Gasteiger partial charge in [0.1, 0.15) is 6.10 Å². The number of benzene rings is 2. The molecule has 1 heterocycles. The van der Waals surface area contributed by atoms with Crippen molar-refractivity contribution in [3.05, 3.63) is 82.2 Å². The van der Waals surface area contributed by atoms with Crippen LogP contribution in [0.25, 0.3) is 10.4 Å². The van der Waals surface area contributed by atoms with Gasteiger partial charge in [-0.2, -0.15) is 0 Å². The third-order valence-electron chi connectivity index (χ3n) is 7.69. The molecule has 2 aromatic rings. The summed E-state index contributed by atoms with van der Waals surface area (Å²) in [7, 11) is 1.64. The lowest BCUT2D eigenvalue weighted by Gasteiger charge is -2.36. The first-order chi connectivity index (χ1) is 18.9. The van der Waals surface area contributed by atoms with E-state index in [2.05, 4.69) is 36.0 Å². The van der Waals surface area contributed by atoms with Crippen molar-refractivity contribution in [2.24, 2.45) is 22.9 Å². The van der Waals surface area contributed by atoms with Crippen molar-refractivity contribution in [2.45, 2.75) is 83.8 Å². The van der Waals surface area contributed by atoms with E-state index in [1.807, 2.05) is 55.5 Å². The lowest BCUT2D eigenvalue weighted by atomic mass is 9.87. The van der Waals surface area contributed by atoms with Crippen molar-refractivity contribution in [1.29, 1.82) is 0 Å². The molecule has 0 bridgehead atoms. The third kappa shape index (κ3) is 9.60. The highest BCUT2D eigenvalue weighted by atomic mass is 16.7.